The molecular weight excluding hydrogens is 360 g/mol. The molecule has 0 spiro atoms. The summed E-state index contributed by atoms with van der Waals surface area (Å²) in [5, 5.41) is 10.6. The number of piperazine rings is 1. The number of aromatic hydroxyl groups is 1. The van der Waals surface area contributed by atoms with Gasteiger partial charge in [0.05, 0.1) is 5.75 Å². The van der Waals surface area contributed by atoms with E-state index in [-0.39, 0.29) is 23.5 Å². The lowest BCUT2D eigenvalue weighted by Gasteiger charge is -2.34. The summed E-state index contributed by atoms with van der Waals surface area (Å²) < 4.78 is 0. The molecule has 4 rings (SSSR count). The SMILES string of the molecule is O=C(CSC1CCCC1)N1CCN(C(=O)C2=C[C@@H]2c2ccccc2O)CC1. The molecule has 1 N–H and O–H groups in total. The molecule has 0 radical (unpaired) electrons. The molecule has 1 heterocycles. The van der Waals surface area contributed by atoms with Crippen LogP contribution in [0.3, 0.4) is 0 Å². The Morgan fingerprint density at radius 1 is 1.04 bits per heavy atom. The molecule has 2 fully saturated rings. The Balaban J connectivity index is 1.23. The van der Waals surface area contributed by atoms with Gasteiger partial charge in [0, 0.05) is 48.5 Å². The van der Waals surface area contributed by atoms with E-state index in [1.54, 1.807) is 23.9 Å². The average Bonchev–Trinajstić information content (AvgIpc) is 3.31. The van der Waals surface area contributed by atoms with E-state index in [4.69, 9.17) is 0 Å². The highest BCUT2D eigenvalue weighted by Gasteiger charge is 2.37. The molecule has 2 aliphatic carbocycles. The fourth-order valence-electron chi connectivity index (χ4n) is 4.02. The van der Waals surface area contributed by atoms with Gasteiger partial charge in [-0.1, -0.05) is 37.1 Å². The first-order chi connectivity index (χ1) is 13.1. The van der Waals surface area contributed by atoms with Crippen LogP contribution in [-0.2, 0) is 9.59 Å². The minimum atomic E-state index is -0.0684. The van der Waals surface area contributed by atoms with E-state index in [9.17, 15) is 14.7 Å². The average molecular weight is 387 g/mol. The van der Waals surface area contributed by atoms with Gasteiger partial charge in [-0.25, -0.2) is 0 Å². The van der Waals surface area contributed by atoms with Crippen LogP contribution in [0.25, 0.3) is 0 Å². The number of hydrogen-bond donors (Lipinski definition) is 1. The number of benzene rings is 1. The van der Waals surface area contributed by atoms with E-state index in [0.717, 1.165) is 11.1 Å². The maximum atomic E-state index is 12.7. The third-order valence-corrected chi connectivity index (χ3v) is 7.11. The van der Waals surface area contributed by atoms with Gasteiger partial charge >= 0.3 is 0 Å². The number of allylic oxidation sites excluding steroid dienone is 1. The first-order valence-electron chi connectivity index (χ1n) is 9.82. The molecule has 1 saturated heterocycles. The Morgan fingerprint density at radius 2 is 1.70 bits per heavy atom. The van der Waals surface area contributed by atoms with Crippen LogP contribution in [0.2, 0.25) is 0 Å². The molecule has 1 aromatic rings. The molecule has 144 valence electrons. The minimum Gasteiger partial charge on any atom is -0.508 e. The second-order valence-corrected chi connectivity index (χ2v) is 8.84. The van der Waals surface area contributed by atoms with Crippen LogP contribution >= 0.6 is 11.8 Å². The van der Waals surface area contributed by atoms with Crippen LogP contribution in [-0.4, -0.2) is 63.9 Å². The molecule has 6 heteroatoms. The minimum absolute atomic E-state index is 0.0377. The van der Waals surface area contributed by atoms with Gasteiger partial charge in [0.25, 0.3) is 5.91 Å². The van der Waals surface area contributed by atoms with Gasteiger partial charge in [0.15, 0.2) is 0 Å². The first-order valence-corrected chi connectivity index (χ1v) is 10.9. The summed E-state index contributed by atoms with van der Waals surface area (Å²) in [6.45, 7) is 2.40. The number of carbonyl (C=O) groups is 2. The van der Waals surface area contributed by atoms with Crippen LogP contribution in [0.5, 0.6) is 5.75 Å². The third kappa shape index (κ3) is 4.15. The predicted octanol–water partition coefficient (Wildman–Crippen LogP) is 2.76. The van der Waals surface area contributed by atoms with Crippen LogP contribution < -0.4 is 0 Å². The highest BCUT2D eigenvalue weighted by atomic mass is 32.2. The Kier molecular flexibility index (Phi) is 5.43. The van der Waals surface area contributed by atoms with Gasteiger partial charge in [-0.2, -0.15) is 0 Å². The van der Waals surface area contributed by atoms with Crippen LogP contribution in [0.4, 0.5) is 0 Å². The monoisotopic (exact) mass is 386 g/mol. The van der Waals surface area contributed by atoms with Crippen LogP contribution in [0, 0.1) is 0 Å². The van der Waals surface area contributed by atoms with Gasteiger partial charge in [-0.05, 0) is 18.9 Å². The fraction of sp³-hybridized carbons (Fsp3) is 0.524. The zero-order chi connectivity index (χ0) is 18.8. The maximum absolute atomic E-state index is 12.7. The Morgan fingerprint density at radius 3 is 2.41 bits per heavy atom. The van der Waals surface area contributed by atoms with Crippen molar-refractivity contribution in [1.82, 2.24) is 9.80 Å². The van der Waals surface area contributed by atoms with Crippen molar-refractivity contribution >= 4 is 23.6 Å². The number of hydrogen-bond acceptors (Lipinski definition) is 4. The Labute approximate surface area is 164 Å². The van der Waals surface area contributed by atoms with Crippen molar-refractivity contribution in [1.29, 1.82) is 0 Å². The van der Waals surface area contributed by atoms with Crippen molar-refractivity contribution in [3.63, 3.8) is 0 Å². The number of phenols is 1. The molecular formula is C21H26N2O3S. The van der Waals surface area contributed by atoms with Crippen molar-refractivity contribution in [2.24, 2.45) is 0 Å². The second-order valence-electron chi connectivity index (χ2n) is 7.55. The third-order valence-electron chi connectivity index (χ3n) is 5.76. The van der Waals surface area contributed by atoms with Crippen molar-refractivity contribution in [2.45, 2.75) is 36.9 Å². The maximum Gasteiger partial charge on any atom is 0.250 e. The molecule has 27 heavy (non-hydrogen) atoms. The fourth-order valence-corrected chi connectivity index (χ4v) is 5.25. The summed E-state index contributed by atoms with van der Waals surface area (Å²) >= 11 is 1.80. The smallest absolute Gasteiger partial charge is 0.250 e. The van der Waals surface area contributed by atoms with Crippen molar-refractivity contribution < 1.29 is 14.7 Å². The number of thioether (sulfide) groups is 1. The molecule has 3 aliphatic rings. The second kappa shape index (κ2) is 7.97. The lowest BCUT2D eigenvalue weighted by atomic mass is 10.1. The van der Waals surface area contributed by atoms with Gasteiger partial charge in [-0.3, -0.25) is 9.59 Å². The number of rotatable bonds is 5. The van der Waals surface area contributed by atoms with Gasteiger partial charge in [0.1, 0.15) is 5.75 Å². The Hall–Kier alpha value is -1.95. The summed E-state index contributed by atoms with van der Waals surface area (Å²) in [6, 6.07) is 7.16. The summed E-state index contributed by atoms with van der Waals surface area (Å²) in [5.74, 6) is 0.976. The standard InChI is InChI=1S/C21H26N2O3S/c24-19-8-4-3-7-16(19)17-13-18(17)21(26)23-11-9-22(10-12-23)20(25)14-27-15-5-1-2-6-15/h3-4,7-8,13,15,17,24H,1-2,5-6,9-12,14H2/t17-/m1/s1. The van der Waals surface area contributed by atoms with E-state index in [0.29, 0.717) is 37.2 Å². The molecule has 5 nitrogen and oxygen atoms in total. The predicted molar refractivity (Wildman–Crippen MR) is 107 cm³/mol. The van der Waals surface area contributed by atoms with E-state index in [1.165, 1.54) is 25.7 Å². The van der Waals surface area contributed by atoms with Crippen molar-refractivity contribution in [3.8, 4) is 5.75 Å². The number of carbonyl (C=O) groups excluding carboxylic acids is 2. The van der Waals surface area contributed by atoms with Crippen LogP contribution in [0.1, 0.15) is 37.2 Å². The summed E-state index contributed by atoms with van der Waals surface area (Å²) in [4.78, 5) is 28.8. The zero-order valence-corrected chi connectivity index (χ0v) is 16.3. The summed E-state index contributed by atoms with van der Waals surface area (Å²) in [7, 11) is 0. The van der Waals surface area contributed by atoms with E-state index in [1.807, 2.05) is 28.0 Å². The molecule has 1 atom stereocenters. The lowest BCUT2D eigenvalue weighted by Crippen LogP contribution is -2.51. The highest BCUT2D eigenvalue weighted by Crippen LogP contribution is 2.43. The molecule has 1 saturated carbocycles. The number of nitrogens with zero attached hydrogens (tertiary/aromatic N) is 2. The van der Waals surface area contributed by atoms with Gasteiger partial charge in [-0.15, -0.1) is 11.8 Å². The topological polar surface area (TPSA) is 60.9 Å². The quantitative estimate of drug-likeness (QED) is 0.845. The van der Waals surface area contributed by atoms with E-state index >= 15 is 0 Å². The summed E-state index contributed by atoms with van der Waals surface area (Å²) in [5.41, 5.74) is 1.55. The summed E-state index contributed by atoms with van der Waals surface area (Å²) in [6.07, 6.45) is 6.99. The van der Waals surface area contributed by atoms with Crippen molar-refractivity contribution in [2.75, 3.05) is 31.9 Å². The number of phenolic OH excluding ortho intramolecular Hbond substituents is 1. The van der Waals surface area contributed by atoms with Crippen molar-refractivity contribution in [3.05, 3.63) is 41.5 Å². The largest absolute Gasteiger partial charge is 0.508 e. The Bertz CT molecular complexity index is 750. The molecule has 1 aliphatic heterocycles. The molecule has 0 aromatic heterocycles. The molecule has 1 aromatic carbocycles. The molecule has 0 bridgehead atoms. The number of para-hydroxylation sites is 1. The van der Waals surface area contributed by atoms with E-state index in [2.05, 4.69) is 0 Å². The number of amides is 2. The lowest BCUT2D eigenvalue weighted by molar-refractivity contribution is -0.135. The highest BCUT2D eigenvalue weighted by molar-refractivity contribution is 8.00. The molecule has 2 amide bonds. The van der Waals surface area contributed by atoms with E-state index < -0.39 is 0 Å². The normalized spacial score (nSPS) is 22.7. The van der Waals surface area contributed by atoms with Crippen LogP contribution in [0.15, 0.2) is 35.9 Å². The van der Waals surface area contributed by atoms with Gasteiger partial charge < -0.3 is 14.9 Å². The zero-order valence-electron chi connectivity index (χ0n) is 15.5. The molecule has 0 unspecified atom stereocenters. The van der Waals surface area contributed by atoms with Gasteiger partial charge in [0.2, 0.25) is 5.91 Å². The first kappa shape index (κ1) is 18.4.